The van der Waals surface area contributed by atoms with E-state index in [9.17, 15) is 4.79 Å². The van der Waals surface area contributed by atoms with E-state index in [1.54, 1.807) is 31.8 Å². The molecule has 0 fully saturated rings. The lowest BCUT2D eigenvalue weighted by molar-refractivity contribution is -0.116. The summed E-state index contributed by atoms with van der Waals surface area (Å²) in [4.78, 5) is 17.7. The molecule has 1 aliphatic rings. The Bertz CT molecular complexity index is 953. The lowest BCUT2D eigenvalue weighted by Gasteiger charge is -2.23. The van der Waals surface area contributed by atoms with Gasteiger partial charge in [-0.05, 0) is 29.3 Å². The second-order valence-corrected chi connectivity index (χ2v) is 6.96. The van der Waals surface area contributed by atoms with E-state index in [0.717, 1.165) is 27.3 Å². The quantitative estimate of drug-likeness (QED) is 0.748. The molecule has 0 saturated carbocycles. The molecule has 1 aliphatic heterocycles. The zero-order valence-corrected chi connectivity index (χ0v) is 15.3. The number of amides is 1. The normalized spacial score (nSPS) is 15.9. The van der Waals surface area contributed by atoms with Gasteiger partial charge in [0.25, 0.3) is 0 Å². The van der Waals surface area contributed by atoms with Gasteiger partial charge in [0.1, 0.15) is 0 Å². The van der Waals surface area contributed by atoms with Crippen molar-refractivity contribution >= 4 is 22.9 Å². The van der Waals surface area contributed by atoms with Gasteiger partial charge in [-0.1, -0.05) is 12.1 Å². The van der Waals surface area contributed by atoms with Crippen LogP contribution in [0.5, 0.6) is 11.5 Å². The molecule has 0 aliphatic carbocycles. The summed E-state index contributed by atoms with van der Waals surface area (Å²) < 4.78 is 10.7. The third-order valence-electron chi connectivity index (χ3n) is 4.57. The van der Waals surface area contributed by atoms with Crippen molar-refractivity contribution in [3.8, 4) is 22.6 Å². The largest absolute Gasteiger partial charge is 0.493 e. The fourth-order valence-corrected chi connectivity index (χ4v) is 4.46. The Morgan fingerprint density at radius 2 is 2.04 bits per heavy atom. The number of carbonyl (C=O) groups is 1. The molecule has 0 spiro atoms. The van der Waals surface area contributed by atoms with Gasteiger partial charge >= 0.3 is 0 Å². The van der Waals surface area contributed by atoms with Crippen molar-refractivity contribution in [2.24, 2.45) is 0 Å². The summed E-state index contributed by atoms with van der Waals surface area (Å²) in [7, 11) is 3.23. The fraction of sp³-hybridized carbons (Fsp3) is 0.200. The van der Waals surface area contributed by atoms with E-state index >= 15 is 0 Å². The molecule has 4 rings (SSSR count). The summed E-state index contributed by atoms with van der Waals surface area (Å²) in [6, 6.07) is 9.71. The number of aromatic nitrogens is 1. The number of rotatable bonds is 4. The number of methoxy groups -OCH3 is 2. The van der Waals surface area contributed by atoms with Crippen LogP contribution in [-0.2, 0) is 4.79 Å². The number of nitrogens with one attached hydrogen (secondary N) is 1. The number of pyridine rings is 1. The number of anilines is 1. The smallest absolute Gasteiger partial charge is 0.225 e. The lowest BCUT2D eigenvalue weighted by Crippen LogP contribution is -2.22. The summed E-state index contributed by atoms with van der Waals surface area (Å²) in [6.07, 6.45) is 4.02. The van der Waals surface area contributed by atoms with Crippen molar-refractivity contribution in [1.82, 2.24) is 4.98 Å². The van der Waals surface area contributed by atoms with Crippen LogP contribution in [-0.4, -0.2) is 25.1 Å². The molecule has 132 valence electrons. The summed E-state index contributed by atoms with van der Waals surface area (Å²) in [5, 5.41) is 5.14. The van der Waals surface area contributed by atoms with Crippen LogP contribution in [0.2, 0.25) is 0 Å². The first-order chi connectivity index (χ1) is 12.7. The van der Waals surface area contributed by atoms with Gasteiger partial charge in [0.15, 0.2) is 11.5 Å². The average molecular weight is 366 g/mol. The number of hydrogen-bond acceptors (Lipinski definition) is 5. The predicted molar refractivity (Wildman–Crippen MR) is 102 cm³/mol. The van der Waals surface area contributed by atoms with Crippen molar-refractivity contribution in [2.45, 2.75) is 12.3 Å². The monoisotopic (exact) mass is 366 g/mol. The molecule has 6 heteroatoms. The highest BCUT2D eigenvalue weighted by Gasteiger charge is 2.30. The number of nitrogens with zero attached hydrogens (tertiary/aromatic N) is 1. The van der Waals surface area contributed by atoms with Gasteiger partial charge < -0.3 is 14.8 Å². The number of hydrogen-bond donors (Lipinski definition) is 1. The number of carbonyl (C=O) groups excluding carboxylic acids is 1. The van der Waals surface area contributed by atoms with E-state index < -0.39 is 0 Å². The second-order valence-electron chi connectivity index (χ2n) is 6.05. The molecule has 3 heterocycles. The summed E-state index contributed by atoms with van der Waals surface area (Å²) in [5.74, 6) is 1.39. The third-order valence-corrected chi connectivity index (χ3v) is 5.67. The Hall–Kier alpha value is -2.86. The SMILES string of the molecule is COc1ccc(-c2csc3c2NC(=O)CC3c2cccnc2)cc1OC. The Kier molecular flexibility index (Phi) is 4.34. The van der Waals surface area contributed by atoms with Crippen LogP contribution < -0.4 is 14.8 Å². The highest BCUT2D eigenvalue weighted by molar-refractivity contribution is 7.11. The topological polar surface area (TPSA) is 60.5 Å². The van der Waals surface area contributed by atoms with Crippen molar-refractivity contribution in [1.29, 1.82) is 0 Å². The van der Waals surface area contributed by atoms with Crippen LogP contribution in [0, 0.1) is 0 Å². The van der Waals surface area contributed by atoms with Gasteiger partial charge in [0, 0.05) is 40.6 Å². The molecule has 0 bridgehead atoms. The molecule has 26 heavy (non-hydrogen) atoms. The number of fused-ring (bicyclic) bond motifs is 1. The molecular weight excluding hydrogens is 348 g/mol. The second kappa shape index (κ2) is 6.80. The zero-order chi connectivity index (χ0) is 18.1. The van der Waals surface area contributed by atoms with Crippen LogP contribution in [0.4, 0.5) is 5.69 Å². The van der Waals surface area contributed by atoms with Crippen molar-refractivity contribution in [3.05, 3.63) is 58.5 Å². The van der Waals surface area contributed by atoms with Crippen molar-refractivity contribution < 1.29 is 14.3 Å². The zero-order valence-electron chi connectivity index (χ0n) is 14.5. The van der Waals surface area contributed by atoms with Crippen LogP contribution in [0.25, 0.3) is 11.1 Å². The van der Waals surface area contributed by atoms with E-state index in [0.29, 0.717) is 17.9 Å². The Morgan fingerprint density at radius 1 is 1.19 bits per heavy atom. The first-order valence-corrected chi connectivity index (χ1v) is 9.12. The number of ether oxygens (including phenoxy) is 2. The van der Waals surface area contributed by atoms with Gasteiger partial charge in [-0.3, -0.25) is 9.78 Å². The molecule has 1 N–H and O–H groups in total. The predicted octanol–water partition coefficient (Wildman–Crippen LogP) is 4.30. The summed E-state index contributed by atoms with van der Waals surface area (Å²) >= 11 is 1.66. The summed E-state index contributed by atoms with van der Waals surface area (Å²) in [5.41, 5.74) is 3.91. The van der Waals surface area contributed by atoms with Crippen LogP contribution in [0.15, 0.2) is 48.1 Å². The van der Waals surface area contributed by atoms with Crippen molar-refractivity contribution in [2.75, 3.05) is 19.5 Å². The molecule has 1 aromatic carbocycles. The highest BCUT2D eigenvalue weighted by atomic mass is 32.1. The minimum atomic E-state index is 0.0199. The fourth-order valence-electron chi connectivity index (χ4n) is 3.29. The minimum Gasteiger partial charge on any atom is -0.493 e. The van der Waals surface area contributed by atoms with Crippen LogP contribution in [0.3, 0.4) is 0 Å². The maximum absolute atomic E-state index is 12.3. The van der Waals surface area contributed by atoms with E-state index in [4.69, 9.17) is 9.47 Å². The lowest BCUT2D eigenvalue weighted by atomic mass is 9.90. The molecule has 1 amide bonds. The molecule has 1 atom stereocenters. The highest BCUT2D eigenvalue weighted by Crippen LogP contribution is 2.47. The van der Waals surface area contributed by atoms with Gasteiger partial charge in [-0.25, -0.2) is 0 Å². The maximum atomic E-state index is 12.3. The number of benzene rings is 1. The van der Waals surface area contributed by atoms with Gasteiger partial charge in [0.2, 0.25) is 5.91 Å². The molecule has 1 unspecified atom stereocenters. The third kappa shape index (κ3) is 2.82. The van der Waals surface area contributed by atoms with Crippen LogP contribution in [0.1, 0.15) is 22.8 Å². The van der Waals surface area contributed by atoms with Gasteiger partial charge in [-0.2, -0.15) is 0 Å². The van der Waals surface area contributed by atoms with Crippen LogP contribution >= 0.6 is 11.3 Å². The van der Waals surface area contributed by atoms with E-state index in [1.165, 1.54) is 0 Å². The molecule has 0 saturated heterocycles. The number of thiophene rings is 1. The Morgan fingerprint density at radius 3 is 2.77 bits per heavy atom. The molecule has 3 aromatic rings. The average Bonchev–Trinajstić information content (AvgIpc) is 3.11. The first kappa shape index (κ1) is 16.6. The molecule has 0 radical (unpaired) electrons. The van der Waals surface area contributed by atoms with Gasteiger partial charge in [-0.15, -0.1) is 11.3 Å². The van der Waals surface area contributed by atoms with E-state index in [2.05, 4.69) is 15.7 Å². The Labute approximate surface area is 155 Å². The van der Waals surface area contributed by atoms with E-state index in [-0.39, 0.29) is 11.8 Å². The standard InChI is InChI=1S/C20H18N2O3S/c1-24-16-6-5-12(8-17(16)25-2)15-11-26-20-14(9-18(23)22-19(15)20)13-4-3-7-21-10-13/h3-8,10-11,14H,9H2,1-2H3,(H,22,23). The maximum Gasteiger partial charge on any atom is 0.225 e. The van der Waals surface area contributed by atoms with Crippen molar-refractivity contribution in [3.63, 3.8) is 0 Å². The molecule has 5 nitrogen and oxygen atoms in total. The van der Waals surface area contributed by atoms with E-state index in [1.807, 2.05) is 36.5 Å². The Balaban J connectivity index is 1.80. The minimum absolute atomic E-state index is 0.0199. The molecular formula is C20H18N2O3S. The molecule has 2 aromatic heterocycles. The first-order valence-electron chi connectivity index (χ1n) is 8.24. The summed E-state index contributed by atoms with van der Waals surface area (Å²) in [6.45, 7) is 0. The van der Waals surface area contributed by atoms with Gasteiger partial charge in [0.05, 0.1) is 19.9 Å².